The topological polar surface area (TPSA) is 50.8 Å². The van der Waals surface area contributed by atoms with Crippen LogP contribution in [0.5, 0.6) is 5.75 Å². The van der Waals surface area contributed by atoms with E-state index in [2.05, 4.69) is 10.2 Å². The summed E-state index contributed by atoms with van der Waals surface area (Å²) in [5.74, 6) is -0.620. The van der Waals surface area contributed by atoms with Gasteiger partial charge in [-0.25, -0.2) is 4.39 Å². The summed E-state index contributed by atoms with van der Waals surface area (Å²) in [5.41, 5.74) is 0.304. The van der Waals surface area contributed by atoms with E-state index in [9.17, 15) is 9.18 Å². The first-order chi connectivity index (χ1) is 10.2. The fourth-order valence-corrected chi connectivity index (χ4v) is 2.17. The van der Waals surface area contributed by atoms with Crippen LogP contribution < -0.4 is 10.1 Å². The Morgan fingerprint density at radius 1 is 1.43 bits per heavy atom. The van der Waals surface area contributed by atoms with E-state index in [1.807, 2.05) is 0 Å². The molecule has 0 atom stereocenters. The largest absolute Gasteiger partial charge is 0.491 e. The zero-order valence-electron chi connectivity index (χ0n) is 12.2. The van der Waals surface area contributed by atoms with E-state index in [0.717, 1.165) is 32.8 Å². The molecule has 1 aromatic carbocycles. The summed E-state index contributed by atoms with van der Waals surface area (Å²) < 4.78 is 24.0. The number of halogens is 1. The van der Waals surface area contributed by atoms with Gasteiger partial charge in [-0.15, -0.1) is 0 Å². The first-order valence-electron chi connectivity index (χ1n) is 7.21. The van der Waals surface area contributed by atoms with Gasteiger partial charge in [0.1, 0.15) is 0 Å². The molecule has 0 saturated carbocycles. The Bertz CT molecular complexity index is 476. The molecule has 0 aromatic heterocycles. The van der Waals surface area contributed by atoms with Crippen molar-refractivity contribution in [3.63, 3.8) is 0 Å². The lowest BCUT2D eigenvalue weighted by Gasteiger charge is -2.26. The van der Waals surface area contributed by atoms with Crippen LogP contribution in [0, 0.1) is 5.82 Å². The van der Waals surface area contributed by atoms with Gasteiger partial charge in [0.15, 0.2) is 11.6 Å². The van der Waals surface area contributed by atoms with E-state index >= 15 is 0 Å². The zero-order chi connectivity index (χ0) is 15.1. The molecular formula is C15H21FN2O3. The van der Waals surface area contributed by atoms with Crippen LogP contribution in [0.3, 0.4) is 0 Å². The van der Waals surface area contributed by atoms with Crippen molar-refractivity contribution in [2.75, 3.05) is 46.0 Å². The van der Waals surface area contributed by atoms with Crippen molar-refractivity contribution in [2.45, 2.75) is 6.92 Å². The van der Waals surface area contributed by atoms with Crippen molar-refractivity contribution in [1.29, 1.82) is 0 Å². The highest BCUT2D eigenvalue weighted by molar-refractivity contribution is 5.94. The van der Waals surface area contributed by atoms with Crippen LogP contribution >= 0.6 is 0 Å². The highest BCUT2D eigenvalue weighted by Gasteiger charge is 2.12. The number of ether oxygens (including phenoxy) is 2. The molecule has 1 fully saturated rings. The van der Waals surface area contributed by atoms with Crippen LogP contribution in [0.4, 0.5) is 4.39 Å². The molecule has 0 radical (unpaired) electrons. The Labute approximate surface area is 124 Å². The molecule has 6 heteroatoms. The van der Waals surface area contributed by atoms with Crippen molar-refractivity contribution in [2.24, 2.45) is 0 Å². The minimum absolute atomic E-state index is 0.169. The van der Waals surface area contributed by atoms with E-state index in [-0.39, 0.29) is 11.7 Å². The first kappa shape index (κ1) is 15.7. The summed E-state index contributed by atoms with van der Waals surface area (Å²) in [6.07, 6.45) is 0. The van der Waals surface area contributed by atoms with Gasteiger partial charge in [-0.3, -0.25) is 9.69 Å². The summed E-state index contributed by atoms with van der Waals surface area (Å²) in [6, 6.07) is 4.25. The monoisotopic (exact) mass is 296 g/mol. The zero-order valence-corrected chi connectivity index (χ0v) is 12.2. The molecule has 1 aliphatic rings. The van der Waals surface area contributed by atoms with Crippen molar-refractivity contribution >= 4 is 5.91 Å². The number of carbonyl (C=O) groups is 1. The molecule has 1 aliphatic heterocycles. The van der Waals surface area contributed by atoms with Crippen LogP contribution in [-0.4, -0.2) is 56.8 Å². The Morgan fingerprint density at radius 2 is 2.19 bits per heavy atom. The SMILES string of the molecule is CCOc1ccc(C(=O)NCCN2CCOCC2)cc1F. The number of morpholine rings is 1. The standard InChI is InChI=1S/C15H21FN2O3/c1-2-21-14-4-3-12(11-13(14)16)15(19)17-5-6-18-7-9-20-10-8-18/h3-4,11H,2,5-10H2,1H3,(H,17,19). The molecule has 1 amide bonds. The van der Waals surface area contributed by atoms with E-state index in [1.165, 1.54) is 12.1 Å². The van der Waals surface area contributed by atoms with E-state index in [0.29, 0.717) is 18.7 Å². The maximum atomic E-state index is 13.7. The second-order valence-electron chi connectivity index (χ2n) is 4.79. The Hall–Kier alpha value is -1.66. The second kappa shape index (κ2) is 7.95. The average molecular weight is 296 g/mol. The molecule has 1 aromatic rings. The minimum Gasteiger partial charge on any atom is -0.491 e. The van der Waals surface area contributed by atoms with Crippen molar-refractivity contribution in [3.8, 4) is 5.75 Å². The van der Waals surface area contributed by atoms with Crippen molar-refractivity contribution < 1.29 is 18.7 Å². The molecule has 0 aliphatic carbocycles. The number of nitrogens with zero attached hydrogens (tertiary/aromatic N) is 1. The molecule has 5 nitrogen and oxygen atoms in total. The lowest BCUT2D eigenvalue weighted by Crippen LogP contribution is -2.41. The summed E-state index contributed by atoms with van der Waals surface area (Å²) in [7, 11) is 0. The summed E-state index contributed by atoms with van der Waals surface area (Å²) >= 11 is 0. The van der Waals surface area contributed by atoms with Gasteiger partial charge in [-0.1, -0.05) is 0 Å². The Kier molecular flexibility index (Phi) is 5.95. The average Bonchev–Trinajstić information content (AvgIpc) is 2.50. The van der Waals surface area contributed by atoms with Gasteiger partial charge < -0.3 is 14.8 Å². The van der Waals surface area contributed by atoms with Crippen LogP contribution in [0.15, 0.2) is 18.2 Å². The maximum absolute atomic E-state index is 13.7. The summed E-state index contributed by atoms with van der Waals surface area (Å²) in [4.78, 5) is 14.2. The smallest absolute Gasteiger partial charge is 0.251 e. The predicted octanol–water partition coefficient (Wildman–Crippen LogP) is 1.29. The van der Waals surface area contributed by atoms with Gasteiger partial charge in [0.2, 0.25) is 0 Å². The molecule has 1 heterocycles. The quantitative estimate of drug-likeness (QED) is 0.859. The number of benzene rings is 1. The van der Waals surface area contributed by atoms with Gasteiger partial charge in [0, 0.05) is 31.7 Å². The van der Waals surface area contributed by atoms with Gasteiger partial charge >= 0.3 is 0 Å². The molecule has 0 spiro atoms. The highest BCUT2D eigenvalue weighted by atomic mass is 19.1. The van der Waals surface area contributed by atoms with Crippen LogP contribution in [0.25, 0.3) is 0 Å². The van der Waals surface area contributed by atoms with Crippen LogP contribution in [-0.2, 0) is 4.74 Å². The third-order valence-corrected chi connectivity index (χ3v) is 3.31. The molecule has 1 saturated heterocycles. The fourth-order valence-electron chi connectivity index (χ4n) is 2.17. The van der Waals surface area contributed by atoms with Crippen molar-refractivity contribution in [3.05, 3.63) is 29.6 Å². The Balaban J connectivity index is 1.81. The lowest BCUT2D eigenvalue weighted by molar-refractivity contribution is 0.0383. The molecule has 0 unspecified atom stereocenters. The van der Waals surface area contributed by atoms with E-state index in [1.54, 1.807) is 13.0 Å². The van der Waals surface area contributed by atoms with E-state index in [4.69, 9.17) is 9.47 Å². The third kappa shape index (κ3) is 4.68. The third-order valence-electron chi connectivity index (χ3n) is 3.31. The number of hydrogen-bond donors (Lipinski definition) is 1. The van der Waals surface area contributed by atoms with E-state index < -0.39 is 5.82 Å². The summed E-state index contributed by atoms with van der Waals surface area (Å²) in [6.45, 7) is 6.72. The fraction of sp³-hybridized carbons (Fsp3) is 0.533. The van der Waals surface area contributed by atoms with Crippen LogP contribution in [0.2, 0.25) is 0 Å². The van der Waals surface area contributed by atoms with Gasteiger partial charge in [-0.2, -0.15) is 0 Å². The van der Waals surface area contributed by atoms with Crippen molar-refractivity contribution in [1.82, 2.24) is 10.2 Å². The number of rotatable bonds is 6. The molecule has 0 bridgehead atoms. The molecule has 1 N–H and O–H groups in total. The maximum Gasteiger partial charge on any atom is 0.251 e. The number of amides is 1. The lowest BCUT2D eigenvalue weighted by atomic mass is 10.2. The number of hydrogen-bond acceptors (Lipinski definition) is 4. The van der Waals surface area contributed by atoms with Gasteiger partial charge in [0.05, 0.1) is 19.8 Å². The molecule has 116 valence electrons. The van der Waals surface area contributed by atoms with Gasteiger partial charge in [0.25, 0.3) is 5.91 Å². The predicted molar refractivity (Wildman–Crippen MR) is 77.2 cm³/mol. The highest BCUT2D eigenvalue weighted by Crippen LogP contribution is 2.18. The van der Waals surface area contributed by atoms with Crippen LogP contribution in [0.1, 0.15) is 17.3 Å². The first-order valence-corrected chi connectivity index (χ1v) is 7.21. The molecule has 21 heavy (non-hydrogen) atoms. The van der Waals surface area contributed by atoms with Gasteiger partial charge in [-0.05, 0) is 25.1 Å². The number of carbonyl (C=O) groups excluding carboxylic acids is 1. The minimum atomic E-state index is -0.516. The second-order valence-corrected chi connectivity index (χ2v) is 4.79. The normalized spacial score (nSPS) is 15.7. The summed E-state index contributed by atoms with van der Waals surface area (Å²) in [5, 5.41) is 2.80. The molecule has 2 rings (SSSR count). The number of nitrogens with one attached hydrogen (secondary N) is 1. The Morgan fingerprint density at radius 3 is 2.86 bits per heavy atom. The molecular weight excluding hydrogens is 275 g/mol.